The van der Waals surface area contributed by atoms with Gasteiger partial charge >= 0.3 is 0 Å². The van der Waals surface area contributed by atoms with Gasteiger partial charge < -0.3 is 5.32 Å². The van der Waals surface area contributed by atoms with Crippen molar-refractivity contribution in [2.75, 3.05) is 29.4 Å². The third-order valence-electron chi connectivity index (χ3n) is 2.83. The SMILES string of the molecule is CC(C)(C)SCCNC(=O)CN(c1ccc(Cl)cc1Cl)S(C)(=O)=O. The van der Waals surface area contributed by atoms with Crippen molar-refractivity contribution in [3.05, 3.63) is 28.2 Å². The zero-order chi connectivity index (χ0) is 18.5. The van der Waals surface area contributed by atoms with Crippen LogP contribution in [0.1, 0.15) is 20.8 Å². The van der Waals surface area contributed by atoms with Gasteiger partial charge in [0, 0.05) is 22.1 Å². The van der Waals surface area contributed by atoms with Crippen molar-refractivity contribution in [1.82, 2.24) is 5.32 Å². The van der Waals surface area contributed by atoms with E-state index in [1.807, 2.05) is 0 Å². The van der Waals surface area contributed by atoms with Crippen LogP contribution in [-0.2, 0) is 14.8 Å². The van der Waals surface area contributed by atoms with Gasteiger partial charge in [0.1, 0.15) is 6.54 Å². The molecule has 24 heavy (non-hydrogen) atoms. The Labute approximate surface area is 158 Å². The molecule has 136 valence electrons. The quantitative estimate of drug-likeness (QED) is 0.696. The number of nitrogens with zero attached hydrogens (tertiary/aromatic N) is 1. The fourth-order valence-electron chi connectivity index (χ4n) is 1.80. The van der Waals surface area contributed by atoms with E-state index in [2.05, 4.69) is 26.1 Å². The molecule has 0 aliphatic heterocycles. The van der Waals surface area contributed by atoms with Gasteiger partial charge in [-0.1, -0.05) is 44.0 Å². The van der Waals surface area contributed by atoms with Gasteiger partial charge in [-0.3, -0.25) is 9.10 Å². The van der Waals surface area contributed by atoms with E-state index >= 15 is 0 Å². The van der Waals surface area contributed by atoms with E-state index in [0.29, 0.717) is 11.6 Å². The van der Waals surface area contributed by atoms with Crippen LogP contribution in [0.3, 0.4) is 0 Å². The molecule has 0 aliphatic carbocycles. The molecular weight excluding hydrogens is 391 g/mol. The number of hydrogen-bond acceptors (Lipinski definition) is 4. The molecule has 0 atom stereocenters. The van der Waals surface area contributed by atoms with E-state index in [4.69, 9.17) is 23.2 Å². The molecule has 1 rings (SSSR count). The summed E-state index contributed by atoms with van der Waals surface area (Å²) in [7, 11) is -3.66. The van der Waals surface area contributed by atoms with Crippen molar-refractivity contribution >= 4 is 56.6 Å². The van der Waals surface area contributed by atoms with Gasteiger partial charge in [-0.25, -0.2) is 8.42 Å². The summed E-state index contributed by atoms with van der Waals surface area (Å²) in [5, 5.41) is 3.28. The van der Waals surface area contributed by atoms with E-state index in [0.717, 1.165) is 16.3 Å². The summed E-state index contributed by atoms with van der Waals surface area (Å²) >= 11 is 13.6. The summed E-state index contributed by atoms with van der Waals surface area (Å²) in [4.78, 5) is 12.1. The smallest absolute Gasteiger partial charge is 0.240 e. The number of nitrogens with one attached hydrogen (secondary N) is 1. The van der Waals surface area contributed by atoms with Crippen LogP contribution in [0.25, 0.3) is 0 Å². The van der Waals surface area contributed by atoms with Gasteiger partial charge in [0.25, 0.3) is 0 Å². The molecule has 0 saturated carbocycles. The van der Waals surface area contributed by atoms with E-state index in [1.165, 1.54) is 18.2 Å². The van der Waals surface area contributed by atoms with E-state index in [1.54, 1.807) is 11.8 Å². The summed E-state index contributed by atoms with van der Waals surface area (Å²) in [5.41, 5.74) is 0.225. The normalized spacial score (nSPS) is 12.1. The first-order valence-corrected chi connectivity index (χ1v) is 10.8. The van der Waals surface area contributed by atoms with Crippen LogP contribution in [0.2, 0.25) is 10.0 Å². The number of carbonyl (C=O) groups is 1. The van der Waals surface area contributed by atoms with Gasteiger partial charge in [-0.15, -0.1) is 0 Å². The fraction of sp³-hybridized carbons (Fsp3) is 0.533. The summed E-state index contributed by atoms with van der Waals surface area (Å²) in [5.74, 6) is 0.358. The van der Waals surface area contributed by atoms with Crippen molar-refractivity contribution in [3.8, 4) is 0 Å². The minimum atomic E-state index is -3.66. The van der Waals surface area contributed by atoms with Crippen LogP contribution in [-0.4, -0.2) is 44.2 Å². The van der Waals surface area contributed by atoms with Crippen LogP contribution >= 0.6 is 35.0 Å². The second-order valence-electron chi connectivity index (χ2n) is 6.18. The Morgan fingerprint density at radius 3 is 2.42 bits per heavy atom. The van der Waals surface area contributed by atoms with Crippen molar-refractivity contribution < 1.29 is 13.2 Å². The van der Waals surface area contributed by atoms with Crippen LogP contribution in [0, 0.1) is 0 Å². The second-order valence-corrected chi connectivity index (χ2v) is 10.8. The lowest BCUT2D eigenvalue weighted by Gasteiger charge is -2.23. The van der Waals surface area contributed by atoms with Crippen molar-refractivity contribution in [2.45, 2.75) is 25.5 Å². The first-order chi connectivity index (χ1) is 10.9. The highest BCUT2D eigenvalue weighted by Crippen LogP contribution is 2.30. The molecule has 0 bridgehead atoms. The van der Waals surface area contributed by atoms with Gasteiger partial charge in [-0.2, -0.15) is 11.8 Å². The van der Waals surface area contributed by atoms with E-state index in [-0.39, 0.29) is 27.9 Å². The molecule has 0 spiro atoms. The number of carbonyl (C=O) groups excluding carboxylic acids is 1. The molecule has 0 aromatic heterocycles. The van der Waals surface area contributed by atoms with Gasteiger partial charge in [-0.05, 0) is 18.2 Å². The molecule has 1 aromatic rings. The van der Waals surface area contributed by atoms with Crippen molar-refractivity contribution in [1.29, 1.82) is 0 Å². The molecule has 1 amide bonds. The molecule has 1 N–H and O–H groups in total. The summed E-state index contributed by atoms with van der Waals surface area (Å²) < 4.78 is 25.1. The highest BCUT2D eigenvalue weighted by Gasteiger charge is 2.23. The average molecular weight is 413 g/mol. The third-order valence-corrected chi connectivity index (χ3v) is 5.76. The van der Waals surface area contributed by atoms with Gasteiger partial charge in [0.05, 0.1) is 17.0 Å². The number of thioether (sulfide) groups is 1. The molecular formula is C15H22Cl2N2O3S2. The first-order valence-electron chi connectivity index (χ1n) is 7.23. The predicted octanol–water partition coefficient (Wildman–Crippen LogP) is 3.41. The number of rotatable bonds is 7. The molecule has 0 aliphatic rings. The lowest BCUT2D eigenvalue weighted by Crippen LogP contribution is -2.41. The molecule has 9 heteroatoms. The molecule has 0 radical (unpaired) electrons. The van der Waals surface area contributed by atoms with Crippen LogP contribution < -0.4 is 9.62 Å². The molecule has 5 nitrogen and oxygen atoms in total. The summed E-state index contributed by atoms with van der Waals surface area (Å²) in [6.45, 7) is 6.40. The standard InChI is InChI=1S/C15H22Cl2N2O3S2/c1-15(2,3)23-8-7-18-14(20)10-19(24(4,21)22)13-6-5-11(16)9-12(13)17/h5-6,9H,7-8,10H2,1-4H3,(H,18,20). The third kappa shape index (κ3) is 7.51. The Morgan fingerprint density at radius 1 is 1.29 bits per heavy atom. The lowest BCUT2D eigenvalue weighted by molar-refractivity contribution is -0.119. The number of hydrogen-bond donors (Lipinski definition) is 1. The topological polar surface area (TPSA) is 66.5 Å². The minimum Gasteiger partial charge on any atom is -0.354 e. The fourth-order valence-corrected chi connectivity index (χ4v) is 4.04. The largest absolute Gasteiger partial charge is 0.354 e. The maximum atomic E-state index is 12.1. The van der Waals surface area contributed by atoms with Crippen LogP contribution in [0.4, 0.5) is 5.69 Å². The van der Waals surface area contributed by atoms with Crippen molar-refractivity contribution in [3.63, 3.8) is 0 Å². The number of amides is 1. The monoisotopic (exact) mass is 412 g/mol. The van der Waals surface area contributed by atoms with Crippen LogP contribution in [0.5, 0.6) is 0 Å². The molecule has 0 heterocycles. The summed E-state index contributed by atoms with van der Waals surface area (Å²) in [6.07, 6.45) is 1.03. The number of anilines is 1. The van der Waals surface area contributed by atoms with Crippen molar-refractivity contribution in [2.24, 2.45) is 0 Å². The van der Waals surface area contributed by atoms with Gasteiger partial charge in [0.2, 0.25) is 15.9 Å². The molecule has 0 fully saturated rings. The highest BCUT2D eigenvalue weighted by molar-refractivity contribution is 8.00. The summed E-state index contributed by atoms with van der Waals surface area (Å²) in [6, 6.07) is 4.45. The zero-order valence-corrected chi connectivity index (χ0v) is 17.2. The van der Waals surface area contributed by atoms with E-state index in [9.17, 15) is 13.2 Å². The molecule has 1 aromatic carbocycles. The maximum Gasteiger partial charge on any atom is 0.240 e. The Kier molecular flexibility index (Phi) is 7.72. The molecule has 0 saturated heterocycles. The number of sulfonamides is 1. The molecule has 0 unspecified atom stereocenters. The first kappa shape index (κ1) is 21.4. The Bertz CT molecular complexity index is 688. The Morgan fingerprint density at radius 2 is 1.92 bits per heavy atom. The van der Waals surface area contributed by atoms with E-state index < -0.39 is 10.0 Å². The Hall–Kier alpha value is -0.630. The highest BCUT2D eigenvalue weighted by atomic mass is 35.5. The average Bonchev–Trinajstić information content (AvgIpc) is 2.39. The minimum absolute atomic E-state index is 0.111. The number of benzene rings is 1. The Balaban J connectivity index is 2.76. The maximum absolute atomic E-state index is 12.1. The predicted molar refractivity (Wildman–Crippen MR) is 104 cm³/mol. The number of halogens is 2. The lowest BCUT2D eigenvalue weighted by atomic mass is 10.3. The van der Waals surface area contributed by atoms with Gasteiger partial charge in [0.15, 0.2) is 0 Å². The van der Waals surface area contributed by atoms with Crippen LogP contribution in [0.15, 0.2) is 18.2 Å². The second kappa shape index (κ2) is 8.65. The zero-order valence-electron chi connectivity index (χ0n) is 14.1.